The van der Waals surface area contributed by atoms with Gasteiger partial charge in [-0.15, -0.1) is 0 Å². The van der Waals surface area contributed by atoms with E-state index in [1.54, 1.807) is 0 Å². The summed E-state index contributed by atoms with van der Waals surface area (Å²) in [4.78, 5) is 0. The smallest absolute Gasteiger partial charge is 0.131 e. The average molecular weight is 151 g/mol. The summed E-state index contributed by atoms with van der Waals surface area (Å²) in [7, 11) is -0.296. The molecule has 50 valence electrons. The summed E-state index contributed by atoms with van der Waals surface area (Å²) < 4.78 is 0. The second-order valence-electron chi connectivity index (χ2n) is 2.65. The highest BCUT2D eigenvalue weighted by molar-refractivity contribution is 6.95. The second kappa shape index (κ2) is 3.52. The molecule has 8 heavy (non-hydrogen) atoms. The number of rotatable bonds is 3. The zero-order valence-corrected chi connectivity index (χ0v) is 8.17. The van der Waals surface area contributed by atoms with Crippen LogP contribution in [-0.4, -0.2) is 8.83 Å². The molecule has 0 spiro atoms. The van der Waals surface area contributed by atoms with Crippen molar-refractivity contribution in [1.82, 2.24) is 0 Å². The van der Waals surface area contributed by atoms with E-state index < -0.39 is 0 Å². The molecule has 0 nitrogen and oxygen atoms in total. The standard InChI is InChI=1S/C6H15ClSi/c1-4-6(3,5-2)8-7/h4-5,8H2,1-3H3. The first-order chi connectivity index (χ1) is 3.68. The van der Waals surface area contributed by atoms with E-state index in [9.17, 15) is 0 Å². The topological polar surface area (TPSA) is 0 Å². The molecule has 0 heterocycles. The Kier molecular flexibility index (Phi) is 3.74. The second-order valence-corrected chi connectivity index (χ2v) is 5.43. The third-order valence-corrected chi connectivity index (χ3v) is 5.61. The normalized spacial score (nSPS) is 13.5. The van der Waals surface area contributed by atoms with Crippen LogP contribution in [0, 0.1) is 0 Å². The maximum atomic E-state index is 5.85. The van der Waals surface area contributed by atoms with Crippen LogP contribution in [-0.2, 0) is 0 Å². The summed E-state index contributed by atoms with van der Waals surface area (Å²) in [6, 6.07) is 0. The maximum Gasteiger partial charge on any atom is 0.131 e. The number of hydrogen-bond acceptors (Lipinski definition) is 0. The summed E-state index contributed by atoms with van der Waals surface area (Å²) >= 11 is 5.85. The number of hydrogen-bond donors (Lipinski definition) is 0. The maximum absolute atomic E-state index is 5.85. The Bertz CT molecular complexity index is 51.3. The molecular formula is C6H15ClSi. The lowest BCUT2D eigenvalue weighted by atomic mass is 10.1. The highest BCUT2D eigenvalue weighted by Gasteiger charge is 2.17. The van der Waals surface area contributed by atoms with Crippen molar-refractivity contribution in [1.29, 1.82) is 0 Å². The zero-order chi connectivity index (χ0) is 6.62. The van der Waals surface area contributed by atoms with Gasteiger partial charge >= 0.3 is 0 Å². The van der Waals surface area contributed by atoms with Gasteiger partial charge in [0.05, 0.1) is 0 Å². The molecule has 0 aromatic rings. The van der Waals surface area contributed by atoms with Gasteiger partial charge in [0.25, 0.3) is 0 Å². The fourth-order valence-electron chi connectivity index (χ4n) is 0.439. The Morgan fingerprint density at radius 3 is 1.75 bits per heavy atom. The summed E-state index contributed by atoms with van der Waals surface area (Å²) in [6.45, 7) is 6.73. The van der Waals surface area contributed by atoms with Gasteiger partial charge in [-0.25, -0.2) is 0 Å². The lowest BCUT2D eigenvalue weighted by Crippen LogP contribution is -2.09. The molecule has 0 aliphatic heterocycles. The van der Waals surface area contributed by atoms with Gasteiger partial charge in [-0.3, -0.25) is 0 Å². The van der Waals surface area contributed by atoms with E-state index in [2.05, 4.69) is 20.8 Å². The van der Waals surface area contributed by atoms with Gasteiger partial charge in [0.15, 0.2) is 0 Å². The van der Waals surface area contributed by atoms with Gasteiger partial charge < -0.3 is 0 Å². The predicted octanol–water partition coefficient (Wildman–Crippen LogP) is 2.31. The molecule has 0 aromatic heterocycles. The molecule has 0 unspecified atom stereocenters. The first kappa shape index (κ1) is 8.51. The Labute approximate surface area is 59.1 Å². The van der Waals surface area contributed by atoms with Crippen molar-refractivity contribution in [2.45, 2.75) is 38.7 Å². The van der Waals surface area contributed by atoms with Crippen molar-refractivity contribution in [3.63, 3.8) is 0 Å². The fourth-order valence-corrected chi connectivity index (χ4v) is 1.95. The quantitative estimate of drug-likeness (QED) is 0.428. The molecule has 0 fully saturated rings. The van der Waals surface area contributed by atoms with Crippen LogP contribution in [0.2, 0.25) is 5.04 Å². The molecule has 0 amide bonds. The van der Waals surface area contributed by atoms with Gasteiger partial charge in [0, 0.05) is 0 Å². The summed E-state index contributed by atoms with van der Waals surface area (Å²) in [5, 5.41) is 0.529. The SMILES string of the molecule is CCC(C)(CC)[SiH2]Cl. The summed E-state index contributed by atoms with van der Waals surface area (Å²) in [6.07, 6.45) is 2.50. The van der Waals surface area contributed by atoms with Crippen LogP contribution in [0.25, 0.3) is 0 Å². The van der Waals surface area contributed by atoms with Gasteiger partial charge in [-0.05, 0) is 5.04 Å². The van der Waals surface area contributed by atoms with E-state index in [0.717, 1.165) is 0 Å². The molecule has 0 aliphatic carbocycles. The Balaban J connectivity index is 3.58. The molecular weight excluding hydrogens is 136 g/mol. The van der Waals surface area contributed by atoms with Crippen LogP contribution in [0.4, 0.5) is 0 Å². The van der Waals surface area contributed by atoms with Crippen LogP contribution in [0.5, 0.6) is 0 Å². The highest BCUT2D eigenvalue weighted by Crippen LogP contribution is 2.32. The minimum atomic E-state index is -0.296. The van der Waals surface area contributed by atoms with E-state index in [1.165, 1.54) is 12.8 Å². The largest absolute Gasteiger partial charge is 0.176 e. The molecule has 0 aliphatic rings. The van der Waals surface area contributed by atoms with Crippen LogP contribution in [0.15, 0.2) is 0 Å². The third-order valence-electron chi connectivity index (χ3n) is 2.03. The van der Waals surface area contributed by atoms with Crippen LogP contribution < -0.4 is 0 Å². The predicted molar refractivity (Wildman–Crippen MR) is 43.3 cm³/mol. The molecule has 0 rings (SSSR count). The molecule has 0 atom stereocenters. The lowest BCUT2D eigenvalue weighted by molar-refractivity contribution is 0.568. The zero-order valence-electron chi connectivity index (χ0n) is 6.00. The summed E-state index contributed by atoms with van der Waals surface area (Å²) in [5.41, 5.74) is 0. The van der Waals surface area contributed by atoms with Gasteiger partial charge in [0.1, 0.15) is 8.83 Å². The van der Waals surface area contributed by atoms with Crippen molar-refractivity contribution in [3.8, 4) is 0 Å². The first-order valence-corrected chi connectivity index (χ1v) is 6.09. The van der Waals surface area contributed by atoms with E-state index in [1.807, 2.05) is 0 Å². The van der Waals surface area contributed by atoms with E-state index in [0.29, 0.717) is 5.04 Å². The van der Waals surface area contributed by atoms with Crippen molar-refractivity contribution in [2.24, 2.45) is 0 Å². The van der Waals surface area contributed by atoms with Crippen molar-refractivity contribution < 1.29 is 0 Å². The molecule has 0 bridgehead atoms. The molecule has 0 radical (unpaired) electrons. The Morgan fingerprint density at radius 1 is 1.38 bits per heavy atom. The minimum Gasteiger partial charge on any atom is -0.176 e. The first-order valence-electron chi connectivity index (χ1n) is 3.24. The molecule has 0 saturated carbocycles. The Morgan fingerprint density at radius 2 is 1.75 bits per heavy atom. The monoisotopic (exact) mass is 150 g/mol. The molecule has 0 N–H and O–H groups in total. The van der Waals surface area contributed by atoms with Crippen LogP contribution >= 0.6 is 11.1 Å². The average Bonchev–Trinajstić information content (AvgIpc) is 1.87. The van der Waals surface area contributed by atoms with Crippen molar-refractivity contribution in [2.75, 3.05) is 0 Å². The minimum absolute atomic E-state index is 0.296. The van der Waals surface area contributed by atoms with Gasteiger partial charge in [0.2, 0.25) is 0 Å². The molecule has 0 saturated heterocycles. The van der Waals surface area contributed by atoms with Gasteiger partial charge in [-0.2, -0.15) is 11.1 Å². The Hall–Kier alpha value is 0.507. The van der Waals surface area contributed by atoms with Crippen LogP contribution in [0.1, 0.15) is 33.6 Å². The van der Waals surface area contributed by atoms with Crippen LogP contribution in [0.3, 0.4) is 0 Å². The highest BCUT2D eigenvalue weighted by atomic mass is 35.6. The van der Waals surface area contributed by atoms with E-state index in [4.69, 9.17) is 11.1 Å². The lowest BCUT2D eigenvalue weighted by Gasteiger charge is -2.21. The third kappa shape index (κ3) is 2.18. The van der Waals surface area contributed by atoms with Crippen molar-refractivity contribution >= 4 is 19.9 Å². The van der Waals surface area contributed by atoms with E-state index >= 15 is 0 Å². The van der Waals surface area contributed by atoms with Gasteiger partial charge in [-0.1, -0.05) is 33.6 Å². The van der Waals surface area contributed by atoms with E-state index in [-0.39, 0.29) is 8.83 Å². The number of halogens is 1. The fraction of sp³-hybridized carbons (Fsp3) is 1.00. The molecule has 2 heteroatoms. The van der Waals surface area contributed by atoms with Crippen molar-refractivity contribution in [3.05, 3.63) is 0 Å². The molecule has 0 aromatic carbocycles. The summed E-state index contributed by atoms with van der Waals surface area (Å²) in [5.74, 6) is 0.